The highest BCUT2D eigenvalue weighted by Gasteiger charge is 2.18. The first kappa shape index (κ1) is 14.5. The zero-order valence-corrected chi connectivity index (χ0v) is 12.5. The molecular weight excluding hydrogens is 318 g/mol. The summed E-state index contributed by atoms with van der Waals surface area (Å²) in [7, 11) is 0. The smallest absolute Gasteiger partial charge is 0.140 e. The van der Waals surface area contributed by atoms with Crippen LogP contribution in [0.15, 0.2) is 47.1 Å². The molecule has 0 aliphatic carbocycles. The van der Waals surface area contributed by atoms with E-state index in [0.29, 0.717) is 11.4 Å². The molecule has 0 unspecified atom stereocenters. The molecule has 1 heterocycles. The second kappa shape index (κ2) is 6.51. The van der Waals surface area contributed by atoms with Gasteiger partial charge in [-0.1, -0.05) is 28.1 Å². The summed E-state index contributed by atoms with van der Waals surface area (Å²) in [5, 5.41) is 8.72. The van der Waals surface area contributed by atoms with Crippen LogP contribution in [-0.4, -0.2) is 11.0 Å². The van der Waals surface area contributed by atoms with Gasteiger partial charge in [0.15, 0.2) is 0 Å². The molecule has 0 bridgehead atoms. The summed E-state index contributed by atoms with van der Waals surface area (Å²) in [6.07, 6.45) is 1.27. The van der Waals surface area contributed by atoms with Gasteiger partial charge >= 0.3 is 0 Å². The summed E-state index contributed by atoms with van der Waals surface area (Å²) in [5.41, 5.74) is 7.35. The van der Waals surface area contributed by atoms with Crippen LogP contribution in [-0.2, 0) is 0 Å². The van der Waals surface area contributed by atoms with Crippen LogP contribution in [0.5, 0.6) is 5.75 Å². The second-order valence-electron chi connectivity index (χ2n) is 4.44. The van der Waals surface area contributed by atoms with E-state index in [-0.39, 0.29) is 12.1 Å². The third-order valence-corrected chi connectivity index (χ3v) is 3.32. The summed E-state index contributed by atoms with van der Waals surface area (Å²) in [4.78, 5) is 3.98. The van der Waals surface area contributed by atoms with Crippen LogP contribution in [0.1, 0.15) is 24.3 Å². The largest absolute Gasteiger partial charge is 0.482 e. The number of aromatic nitrogens is 1. The standard InChI is InChI=1S/C15H14BrN3O/c1-10(18)15(11-2-4-12(16)5-3-11)20-14-7-6-13(8-17)19-9-14/h2-7,9-10,15H,18H2,1H3/t10-,15-/m0/s1. The van der Waals surface area contributed by atoms with Crippen molar-refractivity contribution in [3.05, 3.63) is 58.3 Å². The average Bonchev–Trinajstić information content (AvgIpc) is 2.46. The Kier molecular flexibility index (Phi) is 4.72. The van der Waals surface area contributed by atoms with Crippen molar-refractivity contribution in [3.63, 3.8) is 0 Å². The van der Waals surface area contributed by atoms with Crippen LogP contribution in [0.25, 0.3) is 0 Å². The van der Waals surface area contributed by atoms with E-state index in [9.17, 15) is 0 Å². The highest BCUT2D eigenvalue weighted by atomic mass is 79.9. The number of benzene rings is 1. The quantitative estimate of drug-likeness (QED) is 0.933. The molecule has 2 rings (SSSR count). The number of nitrogens with two attached hydrogens (primary N) is 1. The molecule has 2 atom stereocenters. The Morgan fingerprint density at radius 3 is 2.45 bits per heavy atom. The summed E-state index contributed by atoms with van der Waals surface area (Å²) in [5.74, 6) is 0.592. The molecule has 5 heteroatoms. The zero-order valence-electron chi connectivity index (χ0n) is 11.0. The zero-order chi connectivity index (χ0) is 14.5. The van der Waals surface area contributed by atoms with Crippen molar-refractivity contribution >= 4 is 15.9 Å². The molecule has 102 valence electrons. The van der Waals surface area contributed by atoms with Crippen molar-refractivity contribution in [1.82, 2.24) is 4.98 Å². The molecule has 2 aromatic rings. The summed E-state index contributed by atoms with van der Waals surface area (Å²) in [6, 6.07) is 13.0. The van der Waals surface area contributed by atoms with Crippen molar-refractivity contribution < 1.29 is 4.74 Å². The molecule has 1 aromatic heterocycles. The van der Waals surface area contributed by atoms with Crippen molar-refractivity contribution in [1.29, 1.82) is 5.26 Å². The van der Waals surface area contributed by atoms with Crippen molar-refractivity contribution in [2.45, 2.75) is 19.1 Å². The SMILES string of the molecule is C[C@H](N)[C@H](Oc1ccc(C#N)nc1)c1ccc(Br)cc1. The number of hydrogen-bond donors (Lipinski definition) is 1. The van der Waals surface area contributed by atoms with Gasteiger partial charge in [-0.05, 0) is 36.8 Å². The number of pyridine rings is 1. The predicted molar refractivity (Wildman–Crippen MR) is 80.1 cm³/mol. The Balaban J connectivity index is 2.21. The lowest BCUT2D eigenvalue weighted by Gasteiger charge is -2.22. The Labute approximate surface area is 126 Å². The molecule has 4 nitrogen and oxygen atoms in total. The second-order valence-corrected chi connectivity index (χ2v) is 5.36. The minimum Gasteiger partial charge on any atom is -0.482 e. The number of nitriles is 1. The van der Waals surface area contributed by atoms with Gasteiger partial charge < -0.3 is 10.5 Å². The van der Waals surface area contributed by atoms with Gasteiger partial charge in [0.25, 0.3) is 0 Å². The van der Waals surface area contributed by atoms with E-state index in [1.807, 2.05) is 37.3 Å². The maximum Gasteiger partial charge on any atom is 0.140 e. The Bertz CT molecular complexity index is 603. The van der Waals surface area contributed by atoms with Crippen LogP contribution < -0.4 is 10.5 Å². The van der Waals surface area contributed by atoms with Gasteiger partial charge in [-0.15, -0.1) is 0 Å². The van der Waals surface area contributed by atoms with Crippen LogP contribution in [0.3, 0.4) is 0 Å². The maximum atomic E-state index is 8.72. The Morgan fingerprint density at radius 1 is 1.25 bits per heavy atom. The summed E-state index contributed by atoms with van der Waals surface area (Å²) >= 11 is 3.40. The molecule has 0 saturated carbocycles. The van der Waals surface area contributed by atoms with Crippen LogP contribution in [0.4, 0.5) is 0 Å². The lowest BCUT2D eigenvalue weighted by molar-refractivity contribution is 0.180. The highest BCUT2D eigenvalue weighted by Crippen LogP contribution is 2.25. The Hall–Kier alpha value is -1.90. The number of hydrogen-bond acceptors (Lipinski definition) is 4. The maximum absolute atomic E-state index is 8.72. The normalized spacial score (nSPS) is 13.3. The van der Waals surface area contributed by atoms with Crippen LogP contribution in [0, 0.1) is 11.3 Å². The van der Waals surface area contributed by atoms with Gasteiger partial charge in [-0.25, -0.2) is 4.98 Å². The molecule has 0 radical (unpaired) electrons. The molecule has 1 aromatic carbocycles. The fourth-order valence-corrected chi connectivity index (χ4v) is 2.06. The lowest BCUT2D eigenvalue weighted by Crippen LogP contribution is -2.29. The molecule has 0 saturated heterocycles. The average molecular weight is 332 g/mol. The third-order valence-electron chi connectivity index (χ3n) is 2.79. The van der Waals surface area contributed by atoms with E-state index in [2.05, 4.69) is 20.9 Å². The number of rotatable bonds is 4. The monoisotopic (exact) mass is 331 g/mol. The van der Waals surface area contributed by atoms with Crippen molar-refractivity contribution in [3.8, 4) is 11.8 Å². The molecule has 0 aliphatic rings. The fraction of sp³-hybridized carbons (Fsp3) is 0.200. The first-order valence-corrected chi connectivity index (χ1v) is 6.93. The van der Waals surface area contributed by atoms with E-state index < -0.39 is 0 Å². The fourth-order valence-electron chi connectivity index (χ4n) is 1.79. The summed E-state index contributed by atoms with van der Waals surface area (Å²) in [6.45, 7) is 1.89. The first-order valence-electron chi connectivity index (χ1n) is 6.14. The van der Waals surface area contributed by atoms with Gasteiger partial charge in [0.2, 0.25) is 0 Å². The molecular formula is C15H14BrN3O. The third kappa shape index (κ3) is 3.56. The van der Waals surface area contributed by atoms with Gasteiger partial charge in [-0.2, -0.15) is 5.26 Å². The lowest BCUT2D eigenvalue weighted by atomic mass is 10.0. The molecule has 20 heavy (non-hydrogen) atoms. The number of nitrogens with zero attached hydrogens (tertiary/aromatic N) is 2. The molecule has 0 spiro atoms. The van der Waals surface area contributed by atoms with Gasteiger partial charge in [0, 0.05) is 10.5 Å². The molecule has 0 fully saturated rings. The van der Waals surface area contributed by atoms with E-state index in [4.69, 9.17) is 15.7 Å². The van der Waals surface area contributed by atoms with Crippen LogP contribution >= 0.6 is 15.9 Å². The minimum absolute atomic E-state index is 0.174. The predicted octanol–water partition coefficient (Wildman–Crippen LogP) is 3.18. The first-order chi connectivity index (χ1) is 9.60. The topological polar surface area (TPSA) is 71.9 Å². The minimum atomic E-state index is -0.266. The van der Waals surface area contributed by atoms with E-state index in [1.54, 1.807) is 12.1 Å². The molecule has 2 N–H and O–H groups in total. The molecule has 0 aliphatic heterocycles. The van der Waals surface area contributed by atoms with E-state index in [1.165, 1.54) is 6.20 Å². The van der Waals surface area contributed by atoms with E-state index in [0.717, 1.165) is 10.0 Å². The molecule has 0 amide bonds. The van der Waals surface area contributed by atoms with Crippen molar-refractivity contribution in [2.24, 2.45) is 5.73 Å². The van der Waals surface area contributed by atoms with Gasteiger partial charge in [-0.3, -0.25) is 0 Å². The van der Waals surface area contributed by atoms with Crippen LogP contribution in [0.2, 0.25) is 0 Å². The summed E-state index contributed by atoms with van der Waals surface area (Å²) < 4.78 is 6.89. The van der Waals surface area contributed by atoms with Crippen molar-refractivity contribution in [2.75, 3.05) is 0 Å². The number of halogens is 1. The highest BCUT2D eigenvalue weighted by molar-refractivity contribution is 9.10. The van der Waals surface area contributed by atoms with Gasteiger partial charge in [0.1, 0.15) is 23.6 Å². The number of ether oxygens (including phenoxy) is 1. The van der Waals surface area contributed by atoms with E-state index >= 15 is 0 Å². The van der Waals surface area contributed by atoms with Gasteiger partial charge in [0.05, 0.1) is 6.20 Å². The Morgan fingerprint density at radius 2 is 1.95 bits per heavy atom.